The molecule has 4 N–H and O–H groups in total. The van der Waals surface area contributed by atoms with E-state index in [2.05, 4.69) is 37.7 Å². The average Bonchev–Trinajstić information content (AvgIpc) is 3.57. The number of hydrogen-bond donors (Lipinski definition) is 3. The second kappa shape index (κ2) is 8.92. The summed E-state index contributed by atoms with van der Waals surface area (Å²) in [5.41, 5.74) is 8.34. The molecule has 2 amide bonds. The zero-order valence-electron chi connectivity index (χ0n) is 20.2. The third-order valence-electron chi connectivity index (χ3n) is 7.59. The first-order valence-electron chi connectivity index (χ1n) is 12.6. The van der Waals surface area contributed by atoms with Gasteiger partial charge >= 0.3 is 0 Å². The van der Waals surface area contributed by atoms with Gasteiger partial charge in [0.2, 0.25) is 0 Å². The van der Waals surface area contributed by atoms with E-state index in [9.17, 15) is 9.59 Å². The van der Waals surface area contributed by atoms with E-state index < -0.39 is 5.91 Å². The first kappa shape index (κ1) is 22.5. The van der Waals surface area contributed by atoms with Gasteiger partial charge in [0.15, 0.2) is 11.5 Å². The monoisotopic (exact) mass is 486 g/mol. The van der Waals surface area contributed by atoms with Crippen LogP contribution in [-0.2, 0) is 7.05 Å². The number of hydrogen-bond acceptors (Lipinski definition) is 7. The summed E-state index contributed by atoms with van der Waals surface area (Å²) >= 11 is 0. The van der Waals surface area contributed by atoms with E-state index in [0.717, 1.165) is 25.7 Å². The van der Waals surface area contributed by atoms with E-state index in [-0.39, 0.29) is 23.7 Å². The fourth-order valence-corrected chi connectivity index (χ4v) is 5.65. The Hall–Kier alpha value is -3.95. The maximum atomic E-state index is 13.1. The topological polar surface area (TPSA) is 131 Å². The quantitative estimate of drug-likeness (QED) is 0.468. The van der Waals surface area contributed by atoms with Crippen LogP contribution in [0.1, 0.15) is 70.9 Å². The van der Waals surface area contributed by atoms with E-state index in [1.165, 1.54) is 18.4 Å². The molecule has 0 spiro atoms. The molecule has 2 aromatic heterocycles. The molecule has 2 aliphatic heterocycles. The van der Waals surface area contributed by atoms with Crippen molar-refractivity contribution in [3.63, 3.8) is 0 Å². The van der Waals surface area contributed by atoms with Crippen molar-refractivity contribution in [3.05, 3.63) is 59.7 Å². The number of anilines is 3. The van der Waals surface area contributed by atoms with Gasteiger partial charge in [0.25, 0.3) is 11.8 Å². The standard InChI is InChI=1S/C26H30N8O2/c1-33-14-18(12-29-33)30-25-23(24(27)35)28-13-22(32-25)34-19-8-10-20(21(34)11-9-19)31-26(36)17-6-4-16(5-7-17)15-2-3-15/h4-7,12-15,19-21H,2-3,8-11H2,1H3,(H2,27,35)(H,30,32)(H,31,36)/t19?,20-,21?/m0/s1. The highest BCUT2D eigenvalue weighted by Gasteiger charge is 2.44. The SMILES string of the molecule is Cn1cc(Nc2nc(N3C4CCC3[C@@H](NC(=O)c3ccc(C5CC5)cc3)CC4)cnc2C(N)=O)cn1. The summed E-state index contributed by atoms with van der Waals surface area (Å²) in [5, 5.41) is 10.6. The molecule has 10 nitrogen and oxygen atoms in total. The van der Waals surface area contributed by atoms with Crippen molar-refractivity contribution in [2.45, 2.75) is 62.6 Å². The number of piperidine rings is 1. The maximum Gasteiger partial charge on any atom is 0.271 e. The second-order valence-electron chi connectivity index (χ2n) is 10.1. The largest absolute Gasteiger partial charge is 0.364 e. The van der Waals surface area contributed by atoms with E-state index in [1.54, 1.807) is 23.3 Å². The van der Waals surface area contributed by atoms with Crippen LogP contribution in [0.5, 0.6) is 0 Å². The first-order valence-corrected chi connectivity index (χ1v) is 12.6. The van der Waals surface area contributed by atoms with Crippen molar-refractivity contribution >= 4 is 29.1 Å². The Morgan fingerprint density at radius 3 is 2.50 bits per heavy atom. The number of nitrogens with zero attached hydrogens (tertiary/aromatic N) is 5. The Morgan fingerprint density at radius 2 is 1.81 bits per heavy atom. The zero-order chi connectivity index (χ0) is 24.8. The normalized spacial score (nSPS) is 22.9. The van der Waals surface area contributed by atoms with Gasteiger partial charge in [-0.25, -0.2) is 9.97 Å². The van der Waals surface area contributed by atoms with Gasteiger partial charge < -0.3 is 21.3 Å². The molecule has 2 saturated heterocycles. The van der Waals surface area contributed by atoms with Crippen molar-refractivity contribution in [2.75, 3.05) is 10.2 Å². The molecule has 1 saturated carbocycles. The number of nitrogens with one attached hydrogen (secondary N) is 2. The van der Waals surface area contributed by atoms with Crippen LogP contribution in [0.15, 0.2) is 42.9 Å². The molecule has 1 aliphatic carbocycles. The molecule has 3 aliphatic rings. The number of carbonyl (C=O) groups excluding carboxylic acids is 2. The molecule has 1 aromatic carbocycles. The minimum Gasteiger partial charge on any atom is -0.364 e. The van der Waals surface area contributed by atoms with Gasteiger partial charge in [-0.15, -0.1) is 0 Å². The average molecular weight is 487 g/mol. The zero-order valence-corrected chi connectivity index (χ0v) is 20.2. The summed E-state index contributed by atoms with van der Waals surface area (Å²) in [5.74, 6) is 0.951. The number of amides is 2. The van der Waals surface area contributed by atoms with Gasteiger partial charge in [0.1, 0.15) is 5.82 Å². The number of aromatic nitrogens is 4. The number of nitrogens with two attached hydrogens (primary N) is 1. The van der Waals surface area contributed by atoms with Crippen LogP contribution in [0, 0.1) is 0 Å². The van der Waals surface area contributed by atoms with Crippen molar-refractivity contribution in [2.24, 2.45) is 12.8 Å². The molecule has 3 atom stereocenters. The van der Waals surface area contributed by atoms with Gasteiger partial charge in [-0.1, -0.05) is 12.1 Å². The minimum absolute atomic E-state index is 0.00621. The Balaban J connectivity index is 1.22. The predicted molar refractivity (Wildman–Crippen MR) is 135 cm³/mol. The summed E-state index contributed by atoms with van der Waals surface area (Å²) in [6.07, 6.45) is 11.4. The van der Waals surface area contributed by atoms with Gasteiger partial charge in [-0.3, -0.25) is 14.3 Å². The summed E-state index contributed by atoms with van der Waals surface area (Å²) in [6, 6.07) is 8.47. The lowest BCUT2D eigenvalue weighted by atomic mass is 9.96. The van der Waals surface area contributed by atoms with Gasteiger partial charge in [0, 0.05) is 30.9 Å². The summed E-state index contributed by atoms with van der Waals surface area (Å²) in [7, 11) is 1.81. The van der Waals surface area contributed by atoms with E-state index in [1.807, 2.05) is 19.2 Å². The highest BCUT2D eigenvalue weighted by Crippen LogP contribution is 2.41. The van der Waals surface area contributed by atoms with Gasteiger partial charge in [-0.2, -0.15) is 5.10 Å². The Kier molecular flexibility index (Phi) is 5.58. The van der Waals surface area contributed by atoms with Crippen LogP contribution in [0.25, 0.3) is 0 Å². The van der Waals surface area contributed by atoms with Crippen LogP contribution in [-0.4, -0.2) is 49.7 Å². The lowest BCUT2D eigenvalue weighted by Gasteiger charge is -2.41. The fraction of sp³-hybridized carbons (Fsp3) is 0.423. The molecule has 2 unspecified atom stereocenters. The molecule has 4 heterocycles. The molecule has 3 aromatic rings. The molecule has 6 rings (SSSR count). The van der Waals surface area contributed by atoms with Crippen molar-refractivity contribution in [3.8, 4) is 0 Å². The molecule has 0 radical (unpaired) electrons. The van der Waals surface area contributed by atoms with Crippen molar-refractivity contribution < 1.29 is 9.59 Å². The van der Waals surface area contributed by atoms with Crippen LogP contribution in [0.4, 0.5) is 17.3 Å². The first-order chi connectivity index (χ1) is 17.5. The number of primary amides is 1. The maximum absolute atomic E-state index is 13.1. The number of fused-ring (bicyclic) bond motifs is 2. The third-order valence-corrected chi connectivity index (χ3v) is 7.59. The third kappa shape index (κ3) is 4.27. The van der Waals surface area contributed by atoms with E-state index in [0.29, 0.717) is 34.8 Å². The van der Waals surface area contributed by atoms with Crippen molar-refractivity contribution in [1.29, 1.82) is 0 Å². The lowest BCUT2D eigenvalue weighted by Crippen LogP contribution is -2.55. The summed E-state index contributed by atoms with van der Waals surface area (Å²) in [6.45, 7) is 0. The second-order valence-corrected chi connectivity index (χ2v) is 10.1. The van der Waals surface area contributed by atoms with Crippen LogP contribution < -0.4 is 21.3 Å². The van der Waals surface area contributed by atoms with E-state index in [4.69, 9.17) is 10.7 Å². The summed E-state index contributed by atoms with van der Waals surface area (Å²) < 4.78 is 1.65. The van der Waals surface area contributed by atoms with Gasteiger partial charge in [0.05, 0.1) is 24.1 Å². The Labute approximate surface area is 209 Å². The number of carbonyl (C=O) groups is 2. The highest BCUT2D eigenvalue weighted by molar-refractivity contribution is 5.96. The molecule has 2 bridgehead atoms. The molecular formula is C26H30N8O2. The fourth-order valence-electron chi connectivity index (χ4n) is 5.65. The molecule has 3 fully saturated rings. The number of aryl methyl sites for hydroxylation is 1. The van der Waals surface area contributed by atoms with Crippen LogP contribution in [0.3, 0.4) is 0 Å². The van der Waals surface area contributed by atoms with Crippen LogP contribution >= 0.6 is 0 Å². The lowest BCUT2D eigenvalue weighted by molar-refractivity contribution is 0.0923. The number of benzene rings is 1. The molecule has 36 heavy (non-hydrogen) atoms. The van der Waals surface area contributed by atoms with Gasteiger partial charge in [-0.05, 0) is 62.1 Å². The highest BCUT2D eigenvalue weighted by atomic mass is 16.2. The summed E-state index contributed by atoms with van der Waals surface area (Å²) in [4.78, 5) is 36.5. The van der Waals surface area contributed by atoms with Crippen LogP contribution in [0.2, 0.25) is 0 Å². The molecule has 186 valence electrons. The Bertz CT molecular complexity index is 1300. The van der Waals surface area contributed by atoms with Crippen molar-refractivity contribution in [1.82, 2.24) is 25.1 Å². The molecular weight excluding hydrogens is 456 g/mol. The van der Waals surface area contributed by atoms with E-state index >= 15 is 0 Å². The Morgan fingerprint density at radius 1 is 1.03 bits per heavy atom. The number of rotatable bonds is 7. The predicted octanol–water partition coefficient (Wildman–Crippen LogP) is 2.86. The smallest absolute Gasteiger partial charge is 0.271 e. The minimum atomic E-state index is -0.653. The molecule has 10 heteroatoms.